The molecular formula is C11H17N3O3. The van der Waals surface area contributed by atoms with Crippen molar-refractivity contribution in [1.82, 2.24) is 9.66 Å². The van der Waals surface area contributed by atoms with Crippen LogP contribution in [0.4, 0.5) is 0 Å². The molecule has 0 aromatic carbocycles. The average Bonchev–Trinajstić information content (AvgIpc) is 2.14. The molecule has 0 saturated heterocycles. The van der Waals surface area contributed by atoms with E-state index >= 15 is 0 Å². The maximum Gasteiger partial charge on any atom is 0.366 e. The van der Waals surface area contributed by atoms with Crippen LogP contribution in [0.15, 0.2) is 4.79 Å². The third-order valence-corrected chi connectivity index (χ3v) is 2.62. The Balaban J connectivity index is 3.26. The summed E-state index contributed by atoms with van der Waals surface area (Å²) in [5.41, 5.74) is 1.82. The molecule has 0 amide bonds. The molecule has 0 aliphatic carbocycles. The second-order valence-corrected chi connectivity index (χ2v) is 4.10. The molecule has 17 heavy (non-hydrogen) atoms. The highest BCUT2D eigenvalue weighted by atomic mass is 16.4. The molecule has 1 rings (SSSR count). The summed E-state index contributed by atoms with van der Waals surface area (Å²) in [5, 5.41) is 10.3. The first-order valence-corrected chi connectivity index (χ1v) is 5.33. The van der Waals surface area contributed by atoms with Gasteiger partial charge in [-0.1, -0.05) is 0 Å². The smallest absolute Gasteiger partial charge is 0.366 e. The van der Waals surface area contributed by atoms with Crippen molar-refractivity contribution < 1.29 is 9.90 Å². The summed E-state index contributed by atoms with van der Waals surface area (Å²) >= 11 is 0. The Morgan fingerprint density at radius 2 is 2.00 bits per heavy atom. The first-order valence-electron chi connectivity index (χ1n) is 5.33. The van der Waals surface area contributed by atoms with E-state index < -0.39 is 5.97 Å². The van der Waals surface area contributed by atoms with Gasteiger partial charge in [0.2, 0.25) is 0 Å². The van der Waals surface area contributed by atoms with E-state index in [1.165, 1.54) is 4.68 Å². The molecule has 0 atom stereocenters. The van der Waals surface area contributed by atoms with E-state index in [0.717, 1.165) is 11.3 Å². The minimum Gasteiger partial charge on any atom is -0.481 e. The lowest BCUT2D eigenvalue weighted by molar-refractivity contribution is -0.136. The molecule has 0 aliphatic rings. The van der Waals surface area contributed by atoms with E-state index in [-0.39, 0.29) is 12.1 Å². The van der Waals surface area contributed by atoms with Crippen LogP contribution in [0.1, 0.15) is 23.4 Å². The van der Waals surface area contributed by atoms with Gasteiger partial charge >= 0.3 is 11.7 Å². The number of carboxylic acid groups (broad SMARTS) is 1. The van der Waals surface area contributed by atoms with Crippen molar-refractivity contribution >= 4 is 5.97 Å². The normalized spacial score (nSPS) is 10.4. The molecule has 0 saturated carbocycles. The number of aryl methyl sites for hydroxylation is 1. The van der Waals surface area contributed by atoms with E-state index in [9.17, 15) is 9.59 Å². The highest BCUT2D eigenvalue weighted by Gasteiger charge is 2.13. The SMILES string of the molecule is Cc1nc(=O)n(N(C)C)c(C)c1CCC(=O)O. The van der Waals surface area contributed by atoms with Gasteiger partial charge in [-0.05, 0) is 25.8 Å². The minimum absolute atomic E-state index is 0.0367. The summed E-state index contributed by atoms with van der Waals surface area (Å²) < 4.78 is 1.43. The quantitative estimate of drug-likeness (QED) is 0.805. The molecule has 1 aromatic heterocycles. The summed E-state index contributed by atoms with van der Waals surface area (Å²) in [6.07, 6.45) is 0.420. The number of aromatic nitrogens is 2. The zero-order valence-electron chi connectivity index (χ0n) is 10.5. The lowest BCUT2D eigenvalue weighted by Crippen LogP contribution is -2.40. The molecule has 0 bridgehead atoms. The molecule has 6 heteroatoms. The fourth-order valence-corrected chi connectivity index (χ4v) is 1.86. The number of aliphatic carboxylic acids is 1. The Bertz CT molecular complexity index is 491. The molecule has 0 unspecified atom stereocenters. The third-order valence-electron chi connectivity index (χ3n) is 2.62. The number of carbonyl (C=O) groups is 1. The van der Waals surface area contributed by atoms with Crippen molar-refractivity contribution in [2.24, 2.45) is 0 Å². The molecule has 0 spiro atoms. The monoisotopic (exact) mass is 239 g/mol. The Morgan fingerprint density at radius 1 is 1.41 bits per heavy atom. The number of hydrogen-bond acceptors (Lipinski definition) is 4. The Morgan fingerprint density at radius 3 is 2.47 bits per heavy atom. The van der Waals surface area contributed by atoms with Gasteiger partial charge in [-0.25, -0.2) is 9.47 Å². The highest BCUT2D eigenvalue weighted by Crippen LogP contribution is 2.11. The summed E-state index contributed by atoms with van der Waals surface area (Å²) in [6, 6.07) is 0. The Kier molecular flexibility index (Phi) is 3.88. The van der Waals surface area contributed by atoms with Crippen molar-refractivity contribution in [2.45, 2.75) is 26.7 Å². The van der Waals surface area contributed by atoms with Gasteiger partial charge < -0.3 is 10.1 Å². The van der Waals surface area contributed by atoms with E-state index in [1.54, 1.807) is 33.0 Å². The Labute approximate surface area is 99.5 Å². The van der Waals surface area contributed by atoms with Gasteiger partial charge in [-0.3, -0.25) is 4.79 Å². The van der Waals surface area contributed by atoms with Crippen molar-refractivity contribution in [3.63, 3.8) is 0 Å². The van der Waals surface area contributed by atoms with E-state index in [4.69, 9.17) is 5.11 Å². The lowest BCUT2D eigenvalue weighted by Gasteiger charge is -2.21. The van der Waals surface area contributed by atoms with Gasteiger partial charge in [0.25, 0.3) is 0 Å². The van der Waals surface area contributed by atoms with E-state index in [0.29, 0.717) is 12.1 Å². The van der Waals surface area contributed by atoms with Gasteiger partial charge in [0.05, 0.1) is 0 Å². The average molecular weight is 239 g/mol. The standard InChI is InChI=1S/C11H17N3O3/c1-7-9(5-6-10(15)16)8(2)14(13(3)4)11(17)12-7/h5-6H2,1-4H3,(H,15,16). The molecule has 94 valence electrons. The molecule has 0 radical (unpaired) electrons. The second-order valence-electron chi connectivity index (χ2n) is 4.10. The molecular weight excluding hydrogens is 222 g/mol. The summed E-state index contributed by atoms with van der Waals surface area (Å²) in [7, 11) is 3.48. The van der Waals surface area contributed by atoms with Crippen molar-refractivity contribution in [2.75, 3.05) is 19.1 Å². The highest BCUT2D eigenvalue weighted by molar-refractivity contribution is 5.67. The number of carboxylic acids is 1. The zero-order valence-corrected chi connectivity index (χ0v) is 10.5. The van der Waals surface area contributed by atoms with E-state index in [1.807, 2.05) is 0 Å². The molecule has 6 nitrogen and oxygen atoms in total. The molecule has 1 aromatic rings. The van der Waals surface area contributed by atoms with Crippen LogP contribution >= 0.6 is 0 Å². The van der Waals surface area contributed by atoms with Gasteiger partial charge in [-0.2, -0.15) is 4.98 Å². The molecule has 0 fully saturated rings. The van der Waals surface area contributed by atoms with E-state index in [2.05, 4.69) is 4.98 Å². The molecule has 1 N–H and O–H groups in total. The minimum atomic E-state index is -0.855. The molecule has 1 heterocycles. The molecule has 0 aliphatic heterocycles. The van der Waals surface area contributed by atoms with Crippen molar-refractivity contribution in [3.8, 4) is 0 Å². The predicted octanol–water partition coefficient (Wildman–Crippen LogP) is 0.0749. The van der Waals surface area contributed by atoms with Gasteiger partial charge in [0.15, 0.2) is 0 Å². The van der Waals surface area contributed by atoms with Crippen molar-refractivity contribution in [1.29, 1.82) is 0 Å². The maximum absolute atomic E-state index is 11.7. The Hall–Kier alpha value is -1.85. The van der Waals surface area contributed by atoms with Crippen LogP contribution in [-0.2, 0) is 11.2 Å². The van der Waals surface area contributed by atoms with Gasteiger partial charge in [0, 0.05) is 31.9 Å². The fourth-order valence-electron chi connectivity index (χ4n) is 1.86. The number of nitrogens with zero attached hydrogens (tertiary/aromatic N) is 3. The predicted molar refractivity (Wildman–Crippen MR) is 64.0 cm³/mol. The van der Waals surface area contributed by atoms with Crippen LogP contribution in [0, 0.1) is 13.8 Å². The lowest BCUT2D eigenvalue weighted by atomic mass is 10.1. The van der Waals surface area contributed by atoms with Gasteiger partial charge in [0.1, 0.15) is 0 Å². The van der Waals surface area contributed by atoms with Crippen LogP contribution in [-0.4, -0.2) is 34.8 Å². The van der Waals surface area contributed by atoms with Crippen LogP contribution in [0.3, 0.4) is 0 Å². The zero-order chi connectivity index (χ0) is 13.2. The first kappa shape index (κ1) is 13.2. The maximum atomic E-state index is 11.7. The number of hydrogen-bond donors (Lipinski definition) is 1. The topological polar surface area (TPSA) is 75.4 Å². The van der Waals surface area contributed by atoms with Crippen molar-refractivity contribution in [3.05, 3.63) is 27.4 Å². The number of rotatable bonds is 4. The van der Waals surface area contributed by atoms with Crippen LogP contribution in [0.25, 0.3) is 0 Å². The first-order chi connectivity index (χ1) is 7.84. The summed E-state index contributed by atoms with van der Waals surface area (Å²) in [6.45, 7) is 3.53. The third kappa shape index (κ3) is 2.83. The van der Waals surface area contributed by atoms with Gasteiger partial charge in [-0.15, -0.1) is 0 Å². The fraction of sp³-hybridized carbons (Fsp3) is 0.545. The summed E-state index contributed by atoms with van der Waals surface area (Å²) in [4.78, 5) is 26.2. The largest absolute Gasteiger partial charge is 0.481 e. The van der Waals surface area contributed by atoms with Crippen LogP contribution < -0.4 is 10.7 Å². The van der Waals surface area contributed by atoms with Crippen LogP contribution in [0.2, 0.25) is 0 Å². The second kappa shape index (κ2) is 4.99. The van der Waals surface area contributed by atoms with Crippen LogP contribution in [0.5, 0.6) is 0 Å². The summed E-state index contributed by atoms with van der Waals surface area (Å²) in [5.74, 6) is -0.855.